The first-order valence-electron chi connectivity index (χ1n) is 7.19. The van der Waals surface area contributed by atoms with Gasteiger partial charge in [-0.15, -0.1) is 11.3 Å². The fourth-order valence-corrected chi connectivity index (χ4v) is 4.17. The van der Waals surface area contributed by atoms with Crippen LogP contribution in [0.4, 0.5) is 5.00 Å². The molecule has 0 aromatic carbocycles. The fourth-order valence-electron chi connectivity index (χ4n) is 2.78. The summed E-state index contributed by atoms with van der Waals surface area (Å²) in [4.78, 5) is 24.7. The number of hydrogen-bond donors (Lipinski definition) is 1. The van der Waals surface area contributed by atoms with E-state index in [1.54, 1.807) is 19.1 Å². The molecule has 2 heterocycles. The van der Waals surface area contributed by atoms with Gasteiger partial charge in [-0.2, -0.15) is 0 Å². The third-order valence-electron chi connectivity index (χ3n) is 3.91. The minimum absolute atomic E-state index is 0.128. The quantitative estimate of drug-likeness (QED) is 0.942. The van der Waals surface area contributed by atoms with E-state index in [4.69, 9.17) is 4.42 Å². The average Bonchev–Trinajstić information content (AvgIpc) is 3.01. The normalized spacial score (nSPS) is 17.1. The Morgan fingerprint density at radius 2 is 2.18 bits per heavy atom. The Morgan fingerprint density at radius 3 is 2.82 bits per heavy atom. The maximum absolute atomic E-state index is 12.2. The first-order valence-corrected chi connectivity index (χ1v) is 8.01. The number of carbonyl (C=O) groups excluding carboxylic acids is 2. The van der Waals surface area contributed by atoms with Gasteiger partial charge >= 0.3 is 0 Å². The number of fused-ring (bicyclic) bond motifs is 1. The third kappa shape index (κ3) is 2.66. The summed E-state index contributed by atoms with van der Waals surface area (Å²) >= 11 is 1.33. The largest absolute Gasteiger partial charge is 0.545 e. The Balaban J connectivity index is 1.93. The van der Waals surface area contributed by atoms with Gasteiger partial charge < -0.3 is 19.6 Å². The number of aryl methyl sites for hydroxylation is 1. The van der Waals surface area contributed by atoms with Crippen LogP contribution in [0, 0.1) is 12.8 Å². The van der Waals surface area contributed by atoms with Crippen molar-refractivity contribution in [3.05, 3.63) is 39.7 Å². The number of nitrogens with one attached hydrogen (secondary N) is 1. The zero-order chi connectivity index (χ0) is 15.9. The van der Waals surface area contributed by atoms with Crippen molar-refractivity contribution in [1.82, 2.24) is 0 Å². The predicted octanol–water partition coefficient (Wildman–Crippen LogP) is 2.39. The zero-order valence-electron chi connectivity index (χ0n) is 12.4. The van der Waals surface area contributed by atoms with Crippen LogP contribution >= 0.6 is 11.3 Å². The van der Waals surface area contributed by atoms with Gasteiger partial charge in [-0.25, -0.2) is 0 Å². The van der Waals surface area contributed by atoms with Crippen LogP contribution in [0.5, 0.6) is 0 Å². The van der Waals surface area contributed by atoms with Crippen molar-refractivity contribution in [3.8, 4) is 0 Å². The number of rotatable bonds is 3. The van der Waals surface area contributed by atoms with Crippen LogP contribution in [0.3, 0.4) is 0 Å². The van der Waals surface area contributed by atoms with E-state index in [9.17, 15) is 14.7 Å². The highest BCUT2D eigenvalue weighted by atomic mass is 32.1. The smallest absolute Gasteiger partial charge is 0.291 e. The molecule has 5 nitrogen and oxygen atoms in total. The number of hydrogen-bond acceptors (Lipinski definition) is 5. The van der Waals surface area contributed by atoms with Crippen molar-refractivity contribution in [2.75, 3.05) is 5.32 Å². The summed E-state index contributed by atoms with van der Waals surface area (Å²) in [6.45, 7) is 3.89. The maximum Gasteiger partial charge on any atom is 0.291 e. The molecule has 0 bridgehead atoms. The van der Waals surface area contributed by atoms with Gasteiger partial charge in [-0.05, 0) is 49.8 Å². The minimum Gasteiger partial charge on any atom is -0.545 e. The van der Waals surface area contributed by atoms with Gasteiger partial charge in [0.2, 0.25) is 0 Å². The highest BCUT2D eigenvalue weighted by Crippen LogP contribution is 2.39. The lowest BCUT2D eigenvalue weighted by Gasteiger charge is -2.19. The molecule has 1 atom stereocenters. The van der Waals surface area contributed by atoms with E-state index in [0.29, 0.717) is 23.1 Å². The number of aromatic carboxylic acids is 1. The summed E-state index contributed by atoms with van der Waals surface area (Å²) in [5.74, 6) is -0.358. The Bertz CT molecular complexity index is 743. The summed E-state index contributed by atoms with van der Waals surface area (Å²) in [6, 6.07) is 3.26. The summed E-state index contributed by atoms with van der Waals surface area (Å²) in [5.41, 5.74) is 0.942. The second kappa shape index (κ2) is 5.61. The van der Waals surface area contributed by atoms with E-state index in [1.807, 2.05) is 0 Å². The second-order valence-corrected chi connectivity index (χ2v) is 6.81. The van der Waals surface area contributed by atoms with Crippen molar-refractivity contribution in [1.29, 1.82) is 0 Å². The van der Waals surface area contributed by atoms with Crippen molar-refractivity contribution < 1.29 is 19.1 Å². The second-order valence-electron chi connectivity index (χ2n) is 5.71. The molecule has 0 radical (unpaired) electrons. The van der Waals surface area contributed by atoms with E-state index >= 15 is 0 Å². The molecule has 116 valence electrons. The Morgan fingerprint density at radius 1 is 1.41 bits per heavy atom. The van der Waals surface area contributed by atoms with E-state index in [1.165, 1.54) is 11.3 Å². The molecule has 0 unspecified atom stereocenters. The zero-order valence-corrected chi connectivity index (χ0v) is 13.2. The lowest BCUT2D eigenvalue weighted by atomic mass is 9.88. The van der Waals surface area contributed by atoms with Crippen molar-refractivity contribution in [3.63, 3.8) is 0 Å². The van der Waals surface area contributed by atoms with Gasteiger partial charge in [0.1, 0.15) is 10.8 Å². The van der Waals surface area contributed by atoms with Crippen LogP contribution in [0.2, 0.25) is 0 Å². The first kappa shape index (κ1) is 14.8. The van der Waals surface area contributed by atoms with Gasteiger partial charge in [-0.3, -0.25) is 4.79 Å². The number of carboxylic acids is 1. The van der Waals surface area contributed by atoms with Gasteiger partial charge in [0.05, 0.1) is 5.97 Å². The monoisotopic (exact) mass is 318 g/mol. The molecule has 3 rings (SSSR count). The van der Waals surface area contributed by atoms with E-state index < -0.39 is 11.9 Å². The highest BCUT2D eigenvalue weighted by molar-refractivity contribution is 7.17. The molecule has 6 heteroatoms. The van der Waals surface area contributed by atoms with E-state index in [2.05, 4.69) is 12.2 Å². The average molecular weight is 318 g/mol. The fraction of sp³-hybridized carbons (Fsp3) is 0.375. The van der Waals surface area contributed by atoms with Crippen LogP contribution < -0.4 is 10.4 Å². The van der Waals surface area contributed by atoms with Crippen LogP contribution in [-0.2, 0) is 12.8 Å². The molecule has 2 aromatic rings. The standard InChI is InChI=1S/C16H17NO4S/c1-8-3-5-10-12(7-8)22-15(13(10)16(19)20)17-14(18)11-6-4-9(2)21-11/h4,6,8H,3,5,7H2,1-2H3,(H,17,18)(H,19,20)/p-1/t8-/m1/s1. The Kier molecular flexibility index (Phi) is 3.78. The Labute approximate surface area is 132 Å². The molecular weight excluding hydrogens is 302 g/mol. The van der Waals surface area contributed by atoms with Crippen LogP contribution in [-0.4, -0.2) is 11.9 Å². The summed E-state index contributed by atoms with van der Waals surface area (Å²) in [7, 11) is 0. The maximum atomic E-state index is 12.2. The van der Waals surface area contributed by atoms with Crippen molar-refractivity contribution >= 4 is 28.2 Å². The van der Waals surface area contributed by atoms with Crippen molar-refractivity contribution in [2.24, 2.45) is 5.92 Å². The predicted molar refractivity (Wildman–Crippen MR) is 81.2 cm³/mol. The van der Waals surface area contributed by atoms with Crippen LogP contribution in [0.15, 0.2) is 16.5 Å². The molecule has 1 N–H and O–H groups in total. The number of amides is 1. The number of thiophene rings is 1. The summed E-state index contributed by atoms with van der Waals surface area (Å²) in [5, 5.41) is 14.5. The molecule has 1 aliphatic carbocycles. The molecule has 0 aliphatic heterocycles. The summed E-state index contributed by atoms with van der Waals surface area (Å²) < 4.78 is 5.27. The molecule has 1 aliphatic rings. The highest BCUT2D eigenvalue weighted by Gasteiger charge is 2.25. The van der Waals surface area contributed by atoms with Gasteiger partial charge in [0.15, 0.2) is 5.76 Å². The third-order valence-corrected chi connectivity index (χ3v) is 5.08. The number of carbonyl (C=O) groups is 2. The number of furan rings is 1. The molecular formula is C16H16NO4S-. The topological polar surface area (TPSA) is 82.4 Å². The molecule has 1 amide bonds. The Hall–Kier alpha value is -2.08. The lowest BCUT2D eigenvalue weighted by Crippen LogP contribution is -2.26. The van der Waals surface area contributed by atoms with E-state index in [0.717, 1.165) is 23.3 Å². The lowest BCUT2D eigenvalue weighted by molar-refractivity contribution is -0.254. The molecule has 2 aromatic heterocycles. The molecule has 22 heavy (non-hydrogen) atoms. The molecule has 0 fully saturated rings. The van der Waals surface area contributed by atoms with E-state index in [-0.39, 0.29) is 11.3 Å². The number of carboxylic acid groups (broad SMARTS) is 1. The molecule has 0 spiro atoms. The minimum atomic E-state index is -1.24. The van der Waals surface area contributed by atoms with Gasteiger partial charge in [0.25, 0.3) is 5.91 Å². The SMILES string of the molecule is Cc1ccc(C(=O)Nc2sc3c(c2C(=O)[O-])CC[C@@H](C)C3)o1. The molecule has 0 saturated carbocycles. The summed E-state index contributed by atoms with van der Waals surface area (Å²) in [6.07, 6.45) is 2.51. The van der Waals surface area contributed by atoms with Gasteiger partial charge in [0, 0.05) is 10.4 Å². The van der Waals surface area contributed by atoms with Crippen LogP contribution in [0.25, 0.3) is 0 Å². The van der Waals surface area contributed by atoms with Crippen LogP contribution in [0.1, 0.15) is 50.5 Å². The number of anilines is 1. The first-order chi connectivity index (χ1) is 10.5. The van der Waals surface area contributed by atoms with Crippen molar-refractivity contribution in [2.45, 2.75) is 33.1 Å². The molecule has 0 saturated heterocycles. The van der Waals surface area contributed by atoms with Gasteiger partial charge in [-0.1, -0.05) is 6.92 Å².